The van der Waals surface area contributed by atoms with Crippen molar-refractivity contribution in [3.63, 3.8) is 0 Å². The van der Waals surface area contributed by atoms with Crippen molar-refractivity contribution >= 4 is 21.5 Å². The lowest BCUT2D eigenvalue weighted by Crippen LogP contribution is -2.06. The Labute approximate surface area is 156 Å². The minimum atomic E-state index is -4.45. The molecule has 0 unspecified atom stereocenters. The molecule has 0 aliphatic carbocycles. The Morgan fingerprint density at radius 2 is 1.54 bits per heavy atom. The Morgan fingerprint density at radius 3 is 2.04 bits per heavy atom. The van der Waals surface area contributed by atoms with Gasteiger partial charge in [0, 0.05) is 12.6 Å². The van der Waals surface area contributed by atoms with Crippen LogP contribution >= 0.6 is 0 Å². The Bertz CT molecular complexity index is 662. The maximum Gasteiger partial charge on any atom is 0.294 e. The van der Waals surface area contributed by atoms with Crippen LogP contribution in [0.3, 0.4) is 0 Å². The van der Waals surface area contributed by atoms with Gasteiger partial charge in [0.05, 0.1) is 4.92 Å². The highest BCUT2D eigenvalue weighted by molar-refractivity contribution is 7.85. The lowest BCUT2D eigenvalue weighted by atomic mass is 10.1. The van der Waals surface area contributed by atoms with Crippen molar-refractivity contribution < 1.29 is 17.9 Å². The maximum absolute atomic E-state index is 11.1. The molecule has 0 amide bonds. The predicted molar refractivity (Wildman–Crippen MR) is 103 cm³/mol. The van der Waals surface area contributed by atoms with Crippen LogP contribution in [-0.2, 0) is 10.1 Å². The minimum absolute atomic E-state index is 0.262. The fourth-order valence-electron chi connectivity index (χ4n) is 2.81. The third-order valence-electron chi connectivity index (χ3n) is 4.31. The summed E-state index contributed by atoms with van der Waals surface area (Å²) in [6.45, 7) is 2.80. The molecule has 2 N–H and O–H groups in total. The van der Waals surface area contributed by atoms with E-state index in [1.807, 2.05) is 0 Å². The summed E-state index contributed by atoms with van der Waals surface area (Å²) < 4.78 is 31.2. The number of hydrogen-bond acceptors (Lipinski definition) is 5. The van der Waals surface area contributed by atoms with E-state index in [2.05, 4.69) is 12.2 Å². The second-order valence-electron chi connectivity index (χ2n) is 6.52. The van der Waals surface area contributed by atoms with E-state index in [0.717, 1.165) is 31.4 Å². The second-order valence-corrected chi connectivity index (χ2v) is 7.94. The Kier molecular flexibility index (Phi) is 10.2. The molecule has 7 nitrogen and oxygen atoms in total. The molecule has 0 bridgehead atoms. The van der Waals surface area contributed by atoms with Gasteiger partial charge in [-0.05, 0) is 18.6 Å². The molecule has 0 aromatic heterocycles. The van der Waals surface area contributed by atoms with Crippen molar-refractivity contribution in [2.45, 2.75) is 76.0 Å². The molecular weight excluding hydrogens is 356 g/mol. The number of rotatable bonds is 14. The molecule has 148 valence electrons. The zero-order valence-electron chi connectivity index (χ0n) is 15.4. The topological polar surface area (TPSA) is 110 Å². The van der Waals surface area contributed by atoms with Gasteiger partial charge in [0.25, 0.3) is 15.8 Å². The molecular formula is C18H30N2O5S. The first-order valence-electron chi connectivity index (χ1n) is 9.36. The van der Waals surface area contributed by atoms with Crippen LogP contribution in [0.4, 0.5) is 11.4 Å². The summed E-state index contributed by atoms with van der Waals surface area (Å²) in [5.41, 5.74) is -0.0921. The number of nitro benzene ring substituents is 1. The fourth-order valence-corrected chi connectivity index (χ4v) is 3.31. The van der Waals surface area contributed by atoms with Gasteiger partial charge in [0.15, 0.2) is 0 Å². The highest BCUT2D eigenvalue weighted by Gasteiger charge is 2.19. The van der Waals surface area contributed by atoms with Gasteiger partial charge in [0.1, 0.15) is 10.6 Å². The first kappa shape index (κ1) is 22.4. The Morgan fingerprint density at radius 1 is 1.00 bits per heavy atom. The normalized spacial score (nSPS) is 11.5. The average molecular weight is 387 g/mol. The van der Waals surface area contributed by atoms with Crippen molar-refractivity contribution in [1.29, 1.82) is 0 Å². The first-order chi connectivity index (χ1) is 12.4. The van der Waals surface area contributed by atoms with E-state index in [-0.39, 0.29) is 11.4 Å². The summed E-state index contributed by atoms with van der Waals surface area (Å²) in [5.74, 6) is 0. The van der Waals surface area contributed by atoms with Crippen molar-refractivity contribution in [3.05, 3.63) is 28.3 Å². The number of anilines is 1. The first-order valence-corrected chi connectivity index (χ1v) is 10.8. The highest BCUT2D eigenvalue weighted by atomic mass is 32.2. The maximum atomic E-state index is 11.1. The fraction of sp³-hybridized carbons (Fsp3) is 0.667. The molecule has 0 radical (unpaired) electrons. The molecule has 1 aromatic rings. The summed E-state index contributed by atoms with van der Waals surface area (Å²) in [5, 5.41) is 14.1. The van der Waals surface area contributed by atoms with Gasteiger partial charge >= 0.3 is 0 Å². The molecule has 8 heteroatoms. The third-order valence-corrected chi connectivity index (χ3v) is 5.16. The molecule has 0 aliphatic rings. The Balaban J connectivity index is 2.30. The molecule has 1 aromatic carbocycles. The lowest BCUT2D eigenvalue weighted by molar-refractivity contribution is -0.384. The van der Waals surface area contributed by atoms with E-state index in [4.69, 9.17) is 4.55 Å². The summed E-state index contributed by atoms with van der Waals surface area (Å²) in [4.78, 5) is 9.96. The highest BCUT2D eigenvalue weighted by Crippen LogP contribution is 2.27. The summed E-state index contributed by atoms with van der Waals surface area (Å²) in [6, 6.07) is 3.34. The predicted octanol–water partition coefficient (Wildman–Crippen LogP) is 5.17. The number of benzene rings is 1. The quantitative estimate of drug-likeness (QED) is 0.197. The number of nitro groups is 1. The van der Waals surface area contributed by atoms with Crippen molar-refractivity contribution in [2.24, 2.45) is 0 Å². The van der Waals surface area contributed by atoms with Crippen LogP contribution in [0.15, 0.2) is 23.1 Å². The van der Waals surface area contributed by atoms with E-state index >= 15 is 0 Å². The van der Waals surface area contributed by atoms with Gasteiger partial charge in [0.2, 0.25) is 0 Å². The number of nitrogens with one attached hydrogen (secondary N) is 1. The van der Waals surface area contributed by atoms with Gasteiger partial charge in [-0.1, -0.05) is 64.7 Å². The second kappa shape index (κ2) is 11.9. The largest absolute Gasteiger partial charge is 0.379 e. The van der Waals surface area contributed by atoms with E-state index in [1.54, 1.807) is 0 Å². The molecule has 26 heavy (non-hydrogen) atoms. The van der Waals surface area contributed by atoms with Gasteiger partial charge in [-0.15, -0.1) is 0 Å². The van der Waals surface area contributed by atoms with Gasteiger partial charge in [-0.3, -0.25) is 14.7 Å². The van der Waals surface area contributed by atoms with E-state index in [9.17, 15) is 18.5 Å². The molecule has 0 spiro atoms. The summed E-state index contributed by atoms with van der Waals surface area (Å²) in [6.07, 6.45) is 12.1. The van der Waals surface area contributed by atoms with E-state index in [1.165, 1.54) is 51.0 Å². The molecule has 0 heterocycles. The third kappa shape index (κ3) is 8.62. The number of unbranched alkanes of at least 4 members (excludes halogenated alkanes) is 9. The molecule has 0 fully saturated rings. The van der Waals surface area contributed by atoms with Gasteiger partial charge in [-0.25, -0.2) is 0 Å². The minimum Gasteiger partial charge on any atom is -0.379 e. The van der Waals surface area contributed by atoms with Crippen molar-refractivity contribution in [3.8, 4) is 0 Å². The number of nitrogens with zero attached hydrogens (tertiary/aromatic N) is 1. The number of hydrogen-bond donors (Lipinski definition) is 2. The molecule has 0 saturated heterocycles. The summed E-state index contributed by atoms with van der Waals surface area (Å²) >= 11 is 0. The van der Waals surface area contributed by atoms with Crippen LogP contribution in [0, 0.1) is 10.1 Å². The molecule has 0 aliphatic heterocycles. The van der Waals surface area contributed by atoms with Crippen LogP contribution in [-0.4, -0.2) is 24.4 Å². The van der Waals surface area contributed by atoms with E-state index in [0.29, 0.717) is 6.54 Å². The SMILES string of the molecule is CCCCCCCCCCCCNc1ccc(S(=O)(=O)O)cc1[N+](=O)[O-]. The van der Waals surface area contributed by atoms with Gasteiger partial charge in [-0.2, -0.15) is 8.42 Å². The smallest absolute Gasteiger partial charge is 0.294 e. The van der Waals surface area contributed by atoms with E-state index < -0.39 is 19.9 Å². The van der Waals surface area contributed by atoms with Crippen LogP contribution in [0.1, 0.15) is 71.1 Å². The van der Waals surface area contributed by atoms with Crippen LogP contribution in [0.2, 0.25) is 0 Å². The van der Waals surface area contributed by atoms with Crippen LogP contribution < -0.4 is 5.32 Å². The van der Waals surface area contributed by atoms with Crippen LogP contribution in [0.25, 0.3) is 0 Å². The monoisotopic (exact) mass is 386 g/mol. The van der Waals surface area contributed by atoms with Crippen molar-refractivity contribution in [2.75, 3.05) is 11.9 Å². The lowest BCUT2D eigenvalue weighted by Gasteiger charge is -2.08. The van der Waals surface area contributed by atoms with Gasteiger partial charge < -0.3 is 5.32 Å². The average Bonchev–Trinajstić information content (AvgIpc) is 2.58. The standard InChI is InChI=1S/C18H30N2O5S/c1-2-3-4-5-6-7-8-9-10-11-14-19-17-13-12-16(26(23,24)25)15-18(17)20(21)22/h12-13,15,19H,2-11,14H2,1H3,(H,23,24,25). The Hall–Kier alpha value is -1.67. The molecule has 0 atom stereocenters. The zero-order valence-corrected chi connectivity index (χ0v) is 16.3. The van der Waals surface area contributed by atoms with Crippen LogP contribution in [0.5, 0.6) is 0 Å². The zero-order chi connectivity index (χ0) is 19.4. The molecule has 0 saturated carbocycles. The molecule has 1 rings (SSSR count). The van der Waals surface area contributed by atoms with Crippen molar-refractivity contribution in [1.82, 2.24) is 0 Å². The summed E-state index contributed by atoms with van der Waals surface area (Å²) in [7, 11) is -4.45.